The highest BCUT2D eigenvalue weighted by Gasteiger charge is 2.27. The van der Waals surface area contributed by atoms with Crippen LogP contribution in [0.25, 0.3) is 0 Å². The van der Waals surface area contributed by atoms with Gasteiger partial charge in [0, 0.05) is 31.6 Å². The summed E-state index contributed by atoms with van der Waals surface area (Å²) in [4.78, 5) is 18.1. The highest BCUT2D eigenvalue weighted by molar-refractivity contribution is 7.09. The second-order valence-electron chi connectivity index (χ2n) is 4.58. The fraction of sp³-hybridized carbons (Fsp3) is 0.667. The molecule has 1 fully saturated rings. The van der Waals surface area contributed by atoms with Gasteiger partial charge in [-0.05, 0) is 12.8 Å². The monoisotopic (exact) mass is 268 g/mol. The summed E-state index contributed by atoms with van der Waals surface area (Å²) in [6, 6.07) is -0.213. The number of rotatable bonds is 5. The van der Waals surface area contributed by atoms with Crippen molar-refractivity contribution < 1.29 is 4.79 Å². The summed E-state index contributed by atoms with van der Waals surface area (Å²) in [5.74, 6) is -0.258. The van der Waals surface area contributed by atoms with Gasteiger partial charge >= 0.3 is 0 Å². The van der Waals surface area contributed by atoms with Gasteiger partial charge in [0.1, 0.15) is 6.04 Å². The van der Waals surface area contributed by atoms with Gasteiger partial charge in [-0.3, -0.25) is 9.69 Å². The van der Waals surface area contributed by atoms with Gasteiger partial charge < -0.3 is 11.1 Å². The molecule has 1 aromatic rings. The average molecular weight is 268 g/mol. The Labute approximate surface area is 111 Å². The maximum atomic E-state index is 11.4. The van der Waals surface area contributed by atoms with E-state index in [0.717, 1.165) is 38.2 Å². The lowest BCUT2D eigenvalue weighted by Crippen LogP contribution is -2.56. The molecule has 2 rings (SSSR count). The molecule has 5 nitrogen and oxygen atoms in total. The molecule has 1 aliphatic rings. The minimum atomic E-state index is -0.258. The summed E-state index contributed by atoms with van der Waals surface area (Å²) in [5.41, 5.74) is 6.48. The highest BCUT2D eigenvalue weighted by Crippen LogP contribution is 2.15. The molecule has 0 aliphatic carbocycles. The second-order valence-corrected chi connectivity index (χ2v) is 5.52. The van der Waals surface area contributed by atoms with Gasteiger partial charge in [-0.25, -0.2) is 4.98 Å². The molecule has 1 amide bonds. The van der Waals surface area contributed by atoms with Crippen LogP contribution in [0.15, 0.2) is 5.38 Å². The van der Waals surface area contributed by atoms with Crippen LogP contribution in [0.3, 0.4) is 0 Å². The number of nitrogens with two attached hydrogens (primary N) is 1. The van der Waals surface area contributed by atoms with Crippen molar-refractivity contribution in [2.45, 2.75) is 32.4 Å². The Hall–Kier alpha value is -0.980. The number of primary amides is 1. The standard InChI is InChI=1S/C12H20N4OS/c1-2-3-11-15-9(8-18-11)7-16-5-4-14-6-10(16)12(13)17/h8,10,14H,2-7H2,1H3,(H2,13,17). The largest absolute Gasteiger partial charge is 0.368 e. The highest BCUT2D eigenvalue weighted by atomic mass is 32.1. The lowest BCUT2D eigenvalue weighted by atomic mass is 10.1. The third-order valence-electron chi connectivity index (χ3n) is 3.11. The Kier molecular flexibility index (Phi) is 4.68. The Morgan fingerprint density at radius 2 is 2.56 bits per heavy atom. The minimum absolute atomic E-state index is 0.213. The van der Waals surface area contributed by atoms with E-state index in [1.54, 1.807) is 11.3 Å². The number of nitrogens with zero attached hydrogens (tertiary/aromatic N) is 2. The van der Waals surface area contributed by atoms with E-state index in [1.807, 2.05) is 0 Å². The van der Waals surface area contributed by atoms with Crippen molar-refractivity contribution in [2.24, 2.45) is 5.73 Å². The van der Waals surface area contributed by atoms with Crippen LogP contribution in [0.4, 0.5) is 0 Å². The molecule has 0 bridgehead atoms. The predicted octanol–water partition coefficient (Wildman–Crippen LogP) is 0.355. The number of carbonyl (C=O) groups excluding carboxylic acids is 1. The first-order valence-electron chi connectivity index (χ1n) is 6.38. The molecule has 100 valence electrons. The van der Waals surface area contributed by atoms with Crippen molar-refractivity contribution in [3.63, 3.8) is 0 Å². The number of carbonyl (C=O) groups is 1. The lowest BCUT2D eigenvalue weighted by molar-refractivity contribution is -0.124. The summed E-state index contributed by atoms with van der Waals surface area (Å²) in [7, 11) is 0. The first kappa shape index (κ1) is 13.5. The van der Waals surface area contributed by atoms with Crippen LogP contribution in [0.2, 0.25) is 0 Å². The van der Waals surface area contributed by atoms with Gasteiger partial charge in [0.05, 0.1) is 10.7 Å². The SMILES string of the molecule is CCCc1nc(CN2CCNCC2C(N)=O)cs1. The molecule has 1 atom stereocenters. The summed E-state index contributed by atoms with van der Waals surface area (Å²) in [6.07, 6.45) is 2.15. The number of aromatic nitrogens is 1. The average Bonchev–Trinajstić information content (AvgIpc) is 2.77. The fourth-order valence-electron chi connectivity index (χ4n) is 2.17. The minimum Gasteiger partial charge on any atom is -0.368 e. The van der Waals surface area contributed by atoms with E-state index in [-0.39, 0.29) is 11.9 Å². The normalized spacial score (nSPS) is 21.1. The zero-order chi connectivity index (χ0) is 13.0. The van der Waals surface area contributed by atoms with Crippen molar-refractivity contribution >= 4 is 17.2 Å². The van der Waals surface area contributed by atoms with Gasteiger partial charge in [-0.2, -0.15) is 0 Å². The van der Waals surface area contributed by atoms with Gasteiger partial charge in [-0.15, -0.1) is 11.3 Å². The Morgan fingerprint density at radius 3 is 3.28 bits per heavy atom. The zero-order valence-electron chi connectivity index (χ0n) is 10.7. The van der Waals surface area contributed by atoms with Crippen LogP contribution < -0.4 is 11.1 Å². The van der Waals surface area contributed by atoms with Crippen LogP contribution >= 0.6 is 11.3 Å². The maximum absolute atomic E-state index is 11.4. The number of nitrogens with one attached hydrogen (secondary N) is 1. The predicted molar refractivity (Wildman–Crippen MR) is 72.4 cm³/mol. The maximum Gasteiger partial charge on any atom is 0.236 e. The van der Waals surface area contributed by atoms with Crippen molar-refractivity contribution in [1.29, 1.82) is 0 Å². The third-order valence-corrected chi connectivity index (χ3v) is 4.07. The van der Waals surface area contributed by atoms with Crippen LogP contribution in [0.1, 0.15) is 24.0 Å². The van der Waals surface area contributed by atoms with Gasteiger partial charge in [0.15, 0.2) is 0 Å². The van der Waals surface area contributed by atoms with Crippen molar-refractivity contribution in [3.8, 4) is 0 Å². The first-order chi connectivity index (χ1) is 8.70. The van der Waals surface area contributed by atoms with E-state index < -0.39 is 0 Å². The number of aryl methyl sites for hydroxylation is 1. The number of hydrogen-bond acceptors (Lipinski definition) is 5. The molecule has 0 saturated carbocycles. The van der Waals surface area contributed by atoms with E-state index in [9.17, 15) is 4.79 Å². The van der Waals surface area contributed by atoms with Crippen LogP contribution in [-0.2, 0) is 17.8 Å². The molecular weight excluding hydrogens is 248 g/mol. The number of thiazole rings is 1. The van der Waals surface area contributed by atoms with Gasteiger partial charge in [0.2, 0.25) is 5.91 Å². The van der Waals surface area contributed by atoms with E-state index >= 15 is 0 Å². The van der Waals surface area contributed by atoms with Crippen molar-refractivity contribution in [2.75, 3.05) is 19.6 Å². The lowest BCUT2D eigenvalue weighted by Gasteiger charge is -2.33. The van der Waals surface area contributed by atoms with Crippen molar-refractivity contribution in [1.82, 2.24) is 15.2 Å². The molecular formula is C12H20N4OS. The molecule has 2 heterocycles. The molecule has 0 aromatic carbocycles. The summed E-state index contributed by atoms with van der Waals surface area (Å²) in [6.45, 7) is 5.25. The number of piperazine rings is 1. The van der Waals surface area contributed by atoms with Gasteiger partial charge in [0.25, 0.3) is 0 Å². The number of hydrogen-bond donors (Lipinski definition) is 2. The smallest absolute Gasteiger partial charge is 0.236 e. The van der Waals surface area contributed by atoms with E-state index in [4.69, 9.17) is 5.73 Å². The van der Waals surface area contributed by atoms with Gasteiger partial charge in [-0.1, -0.05) is 6.92 Å². The Bertz CT molecular complexity index is 407. The van der Waals surface area contributed by atoms with E-state index in [0.29, 0.717) is 6.54 Å². The molecule has 0 radical (unpaired) electrons. The third kappa shape index (κ3) is 3.28. The molecule has 1 aliphatic heterocycles. The molecule has 1 saturated heterocycles. The second kappa shape index (κ2) is 6.26. The Balaban J connectivity index is 1.99. The summed E-state index contributed by atoms with van der Waals surface area (Å²) < 4.78 is 0. The zero-order valence-corrected chi connectivity index (χ0v) is 11.5. The molecule has 6 heteroatoms. The molecule has 3 N–H and O–H groups in total. The summed E-state index contributed by atoms with van der Waals surface area (Å²) >= 11 is 1.70. The first-order valence-corrected chi connectivity index (χ1v) is 7.26. The van der Waals surface area contributed by atoms with Crippen LogP contribution in [-0.4, -0.2) is 41.5 Å². The van der Waals surface area contributed by atoms with E-state index in [2.05, 4.69) is 27.5 Å². The quantitative estimate of drug-likeness (QED) is 0.808. The number of amides is 1. The van der Waals surface area contributed by atoms with Crippen molar-refractivity contribution in [3.05, 3.63) is 16.1 Å². The molecule has 1 unspecified atom stereocenters. The van der Waals surface area contributed by atoms with E-state index in [1.165, 1.54) is 5.01 Å². The van der Waals surface area contributed by atoms with Crippen LogP contribution in [0, 0.1) is 0 Å². The molecule has 1 aromatic heterocycles. The van der Waals surface area contributed by atoms with Crippen LogP contribution in [0.5, 0.6) is 0 Å². The molecule has 18 heavy (non-hydrogen) atoms. The fourth-order valence-corrected chi connectivity index (χ4v) is 3.07. The molecule has 0 spiro atoms. The summed E-state index contributed by atoms with van der Waals surface area (Å²) in [5, 5.41) is 6.46. The Morgan fingerprint density at radius 1 is 1.72 bits per heavy atom. The topological polar surface area (TPSA) is 71.2 Å².